The third kappa shape index (κ3) is 4.67. The van der Waals surface area contributed by atoms with Crippen LogP contribution in [-0.4, -0.2) is 21.9 Å². The molecule has 0 bridgehead atoms. The molecule has 3 rings (SSSR count). The zero-order chi connectivity index (χ0) is 17.6. The predicted molar refractivity (Wildman–Crippen MR) is 103 cm³/mol. The summed E-state index contributed by atoms with van der Waals surface area (Å²) in [5.41, 5.74) is 5.17. The highest BCUT2D eigenvalue weighted by atomic mass is 32.2. The Morgan fingerprint density at radius 2 is 1.76 bits per heavy atom. The Balaban J connectivity index is 1.59. The second-order valence-corrected chi connectivity index (χ2v) is 6.75. The lowest BCUT2D eigenvalue weighted by Gasteiger charge is -2.06. The van der Waals surface area contributed by atoms with Crippen molar-refractivity contribution in [1.82, 2.24) is 10.2 Å². The Morgan fingerprint density at radius 1 is 0.960 bits per heavy atom. The van der Waals surface area contributed by atoms with Gasteiger partial charge in [0.2, 0.25) is 5.91 Å². The average Bonchev–Trinajstić information content (AvgIpc) is 2.64. The average molecular weight is 349 g/mol. The Labute approximate surface area is 151 Å². The highest BCUT2D eigenvalue weighted by Gasteiger charge is 2.06. The molecule has 126 valence electrons. The van der Waals surface area contributed by atoms with Crippen LogP contribution in [0.15, 0.2) is 65.7 Å². The van der Waals surface area contributed by atoms with E-state index in [1.807, 2.05) is 48.5 Å². The summed E-state index contributed by atoms with van der Waals surface area (Å²) in [5, 5.41) is 12.1. The minimum atomic E-state index is -0.0590. The molecule has 4 nitrogen and oxygen atoms in total. The molecule has 0 fully saturated rings. The first-order chi connectivity index (χ1) is 12.1. The molecule has 1 aromatic heterocycles. The van der Waals surface area contributed by atoms with E-state index in [-0.39, 0.29) is 5.91 Å². The fourth-order valence-electron chi connectivity index (χ4n) is 2.31. The number of rotatable bonds is 5. The second-order valence-electron chi connectivity index (χ2n) is 5.76. The van der Waals surface area contributed by atoms with Crippen LogP contribution >= 0.6 is 11.8 Å². The summed E-state index contributed by atoms with van der Waals surface area (Å²) in [7, 11) is 0. The lowest BCUT2D eigenvalue weighted by Crippen LogP contribution is -2.13. The van der Waals surface area contributed by atoms with Crippen molar-refractivity contribution in [3.8, 4) is 11.3 Å². The number of hydrogen-bond donors (Lipinski definition) is 1. The molecular weight excluding hydrogens is 330 g/mol. The summed E-state index contributed by atoms with van der Waals surface area (Å²) >= 11 is 1.37. The molecule has 0 aliphatic rings. The number of carbonyl (C=O) groups is 1. The smallest absolute Gasteiger partial charge is 0.234 e. The van der Waals surface area contributed by atoms with E-state index >= 15 is 0 Å². The number of aromatic nitrogens is 2. The van der Waals surface area contributed by atoms with Crippen LogP contribution in [0, 0.1) is 13.8 Å². The van der Waals surface area contributed by atoms with Gasteiger partial charge in [0.1, 0.15) is 5.03 Å². The van der Waals surface area contributed by atoms with E-state index in [9.17, 15) is 4.79 Å². The van der Waals surface area contributed by atoms with E-state index in [1.165, 1.54) is 22.9 Å². The van der Waals surface area contributed by atoms with Gasteiger partial charge in [-0.3, -0.25) is 4.79 Å². The third-order valence-corrected chi connectivity index (χ3v) is 4.77. The molecule has 1 amide bonds. The highest BCUT2D eigenvalue weighted by Crippen LogP contribution is 2.22. The van der Waals surface area contributed by atoms with Crippen molar-refractivity contribution in [1.29, 1.82) is 0 Å². The molecular formula is C20H19N3OS. The number of thioether (sulfide) groups is 1. The van der Waals surface area contributed by atoms with Gasteiger partial charge in [0, 0.05) is 11.3 Å². The van der Waals surface area contributed by atoms with Crippen LogP contribution in [0.2, 0.25) is 0 Å². The monoisotopic (exact) mass is 349 g/mol. The van der Waals surface area contributed by atoms with Gasteiger partial charge in [-0.1, -0.05) is 42.1 Å². The van der Waals surface area contributed by atoms with Gasteiger partial charge in [-0.25, -0.2) is 0 Å². The summed E-state index contributed by atoms with van der Waals surface area (Å²) in [5.74, 6) is 0.239. The maximum Gasteiger partial charge on any atom is 0.234 e. The summed E-state index contributed by atoms with van der Waals surface area (Å²) < 4.78 is 0. The second kappa shape index (κ2) is 7.94. The fourth-order valence-corrected chi connectivity index (χ4v) is 2.92. The van der Waals surface area contributed by atoms with Crippen molar-refractivity contribution < 1.29 is 4.79 Å². The van der Waals surface area contributed by atoms with Gasteiger partial charge >= 0.3 is 0 Å². The van der Waals surface area contributed by atoms with Crippen LogP contribution in [0.5, 0.6) is 0 Å². The highest BCUT2D eigenvalue weighted by molar-refractivity contribution is 7.99. The zero-order valence-electron chi connectivity index (χ0n) is 14.2. The number of nitrogens with one attached hydrogen (secondary N) is 1. The van der Waals surface area contributed by atoms with E-state index in [4.69, 9.17) is 0 Å². The SMILES string of the molecule is Cc1ccc(-c2ccc(SCC(=O)Nc3ccccc3)nn2)cc1C. The number of para-hydroxylation sites is 1. The maximum atomic E-state index is 12.0. The number of anilines is 1. The molecule has 0 unspecified atom stereocenters. The van der Waals surface area contributed by atoms with Gasteiger partial charge in [-0.05, 0) is 55.3 Å². The standard InChI is InChI=1S/C20H19N3OS/c1-14-8-9-16(12-15(14)2)18-10-11-20(23-22-18)25-13-19(24)21-17-6-4-3-5-7-17/h3-12H,13H2,1-2H3,(H,21,24). The topological polar surface area (TPSA) is 54.9 Å². The summed E-state index contributed by atoms with van der Waals surface area (Å²) in [6.07, 6.45) is 0. The molecule has 0 radical (unpaired) electrons. The molecule has 2 aromatic carbocycles. The lowest BCUT2D eigenvalue weighted by atomic mass is 10.0. The van der Waals surface area contributed by atoms with Crippen LogP contribution < -0.4 is 5.32 Å². The van der Waals surface area contributed by atoms with Crippen LogP contribution in [-0.2, 0) is 4.79 Å². The molecule has 1 heterocycles. The largest absolute Gasteiger partial charge is 0.325 e. The number of benzene rings is 2. The molecule has 25 heavy (non-hydrogen) atoms. The van der Waals surface area contributed by atoms with Crippen LogP contribution in [0.1, 0.15) is 11.1 Å². The molecule has 5 heteroatoms. The Bertz CT molecular complexity index is 864. The summed E-state index contributed by atoms with van der Waals surface area (Å²) in [4.78, 5) is 12.0. The van der Waals surface area contributed by atoms with E-state index in [1.54, 1.807) is 0 Å². The van der Waals surface area contributed by atoms with Crippen molar-refractivity contribution in [2.75, 3.05) is 11.1 Å². The molecule has 0 spiro atoms. The van der Waals surface area contributed by atoms with Crippen molar-refractivity contribution in [3.63, 3.8) is 0 Å². The number of hydrogen-bond acceptors (Lipinski definition) is 4. The summed E-state index contributed by atoms with van der Waals surface area (Å²) in [6.45, 7) is 4.17. The third-order valence-electron chi connectivity index (χ3n) is 3.85. The normalized spacial score (nSPS) is 10.5. The molecule has 0 aliphatic heterocycles. The Kier molecular flexibility index (Phi) is 5.46. The molecule has 1 N–H and O–H groups in total. The number of aryl methyl sites for hydroxylation is 2. The fraction of sp³-hybridized carbons (Fsp3) is 0.150. The summed E-state index contributed by atoms with van der Waals surface area (Å²) in [6, 6.07) is 19.5. The van der Waals surface area contributed by atoms with Gasteiger partial charge in [0.05, 0.1) is 11.4 Å². The first kappa shape index (κ1) is 17.2. The molecule has 3 aromatic rings. The van der Waals surface area contributed by atoms with Crippen molar-refractivity contribution in [3.05, 3.63) is 71.8 Å². The number of carbonyl (C=O) groups excluding carboxylic acids is 1. The minimum Gasteiger partial charge on any atom is -0.325 e. The number of nitrogens with zero attached hydrogens (tertiary/aromatic N) is 2. The Morgan fingerprint density at radius 3 is 2.44 bits per heavy atom. The lowest BCUT2D eigenvalue weighted by molar-refractivity contribution is -0.113. The van der Waals surface area contributed by atoms with Crippen LogP contribution in [0.4, 0.5) is 5.69 Å². The molecule has 0 atom stereocenters. The number of amides is 1. The van der Waals surface area contributed by atoms with Gasteiger partial charge in [-0.2, -0.15) is 0 Å². The maximum absolute atomic E-state index is 12.0. The van der Waals surface area contributed by atoms with Crippen molar-refractivity contribution in [2.45, 2.75) is 18.9 Å². The first-order valence-electron chi connectivity index (χ1n) is 8.01. The van der Waals surface area contributed by atoms with Crippen LogP contribution in [0.3, 0.4) is 0 Å². The van der Waals surface area contributed by atoms with Gasteiger partial charge < -0.3 is 5.32 Å². The first-order valence-corrected chi connectivity index (χ1v) is 8.99. The molecule has 0 saturated heterocycles. The minimum absolute atomic E-state index is 0.0590. The van der Waals surface area contributed by atoms with Gasteiger partial charge in [0.25, 0.3) is 0 Å². The predicted octanol–water partition coefficient (Wildman–Crippen LogP) is 4.49. The van der Waals surface area contributed by atoms with E-state index < -0.39 is 0 Å². The Hall–Kier alpha value is -2.66. The van der Waals surface area contributed by atoms with Crippen LogP contribution in [0.25, 0.3) is 11.3 Å². The zero-order valence-corrected chi connectivity index (χ0v) is 15.0. The quantitative estimate of drug-likeness (QED) is 0.690. The van der Waals surface area contributed by atoms with Crippen molar-refractivity contribution >= 4 is 23.4 Å². The van der Waals surface area contributed by atoms with Gasteiger partial charge in [-0.15, -0.1) is 10.2 Å². The van der Waals surface area contributed by atoms with E-state index in [2.05, 4.69) is 41.5 Å². The van der Waals surface area contributed by atoms with E-state index in [0.29, 0.717) is 5.75 Å². The molecule has 0 saturated carbocycles. The molecule has 0 aliphatic carbocycles. The van der Waals surface area contributed by atoms with E-state index in [0.717, 1.165) is 22.0 Å². The van der Waals surface area contributed by atoms with Crippen molar-refractivity contribution in [2.24, 2.45) is 0 Å². The van der Waals surface area contributed by atoms with Gasteiger partial charge in [0.15, 0.2) is 0 Å².